The van der Waals surface area contributed by atoms with Crippen molar-refractivity contribution < 1.29 is 9.53 Å². The molecule has 0 saturated carbocycles. The minimum Gasteiger partial charge on any atom is -0.494 e. The third-order valence-electron chi connectivity index (χ3n) is 4.81. The largest absolute Gasteiger partial charge is 0.494 e. The lowest BCUT2D eigenvalue weighted by Gasteiger charge is -2.22. The van der Waals surface area contributed by atoms with Crippen molar-refractivity contribution in [1.29, 1.82) is 0 Å². The van der Waals surface area contributed by atoms with E-state index in [1.807, 2.05) is 28.9 Å². The Kier molecular flexibility index (Phi) is 9.23. The number of ether oxygens (including phenoxy) is 1. The molecule has 1 saturated heterocycles. The van der Waals surface area contributed by atoms with Crippen molar-refractivity contribution in [2.75, 3.05) is 26.2 Å². The molecule has 8 heteroatoms. The summed E-state index contributed by atoms with van der Waals surface area (Å²) >= 11 is 0. The zero-order valence-corrected chi connectivity index (χ0v) is 17.2. The molecule has 154 valence electrons. The molecule has 3 rings (SSSR count). The van der Waals surface area contributed by atoms with E-state index in [-0.39, 0.29) is 18.3 Å². The number of hydrogen-bond acceptors (Lipinski definition) is 5. The number of carbonyl (C=O) groups excluding carboxylic acids is 1. The summed E-state index contributed by atoms with van der Waals surface area (Å²) in [5, 5.41) is 14.4. The Morgan fingerprint density at radius 3 is 2.75 bits per heavy atom. The number of benzene rings is 1. The smallest absolute Gasteiger partial charge is 0.273 e. The molecule has 1 aliphatic heterocycles. The molecule has 7 nitrogen and oxygen atoms in total. The van der Waals surface area contributed by atoms with Gasteiger partial charge in [0.1, 0.15) is 5.75 Å². The molecule has 0 unspecified atom stereocenters. The van der Waals surface area contributed by atoms with Crippen LogP contribution >= 0.6 is 12.4 Å². The van der Waals surface area contributed by atoms with Gasteiger partial charge in [0.25, 0.3) is 5.91 Å². The summed E-state index contributed by atoms with van der Waals surface area (Å²) in [4.78, 5) is 12.3. The summed E-state index contributed by atoms with van der Waals surface area (Å²) in [6, 6.07) is 8.38. The topological polar surface area (TPSA) is 81.1 Å². The van der Waals surface area contributed by atoms with Gasteiger partial charge in [-0.25, -0.2) is 4.68 Å². The van der Waals surface area contributed by atoms with Crippen LogP contribution in [0.15, 0.2) is 30.5 Å². The van der Waals surface area contributed by atoms with Gasteiger partial charge in [-0.05, 0) is 56.5 Å². The number of nitrogens with zero attached hydrogens (tertiary/aromatic N) is 3. The zero-order chi connectivity index (χ0) is 18.9. The molecule has 1 amide bonds. The van der Waals surface area contributed by atoms with Gasteiger partial charge in [-0.3, -0.25) is 4.79 Å². The average molecular weight is 408 g/mol. The molecule has 2 N–H and O–H groups in total. The molecular formula is C20H30ClN5O2. The number of carbonyl (C=O) groups is 1. The quantitative estimate of drug-likeness (QED) is 0.624. The van der Waals surface area contributed by atoms with E-state index in [9.17, 15) is 4.79 Å². The minimum atomic E-state index is -0.172. The maximum atomic E-state index is 12.3. The van der Waals surface area contributed by atoms with Crippen molar-refractivity contribution >= 4 is 18.3 Å². The Hall–Kier alpha value is -2.12. The first-order valence-corrected chi connectivity index (χ1v) is 9.88. The summed E-state index contributed by atoms with van der Waals surface area (Å²) in [6.45, 7) is 5.43. The van der Waals surface area contributed by atoms with Crippen LogP contribution in [0.3, 0.4) is 0 Å². The van der Waals surface area contributed by atoms with Crippen LogP contribution in [0.4, 0.5) is 0 Å². The van der Waals surface area contributed by atoms with Gasteiger partial charge in [-0.15, -0.1) is 17.5 Å². The Labute approximate surface area is 172 Å². The molecule has 0 spiro atoms. The van der Waals surface area contributed by atoms with E-state index in [0.717, 1.165) is 63.1 Å². The third-order valence-corrected chi connectivity index (χ3v) is 4.81. The molecule has 2 heterocycles. The first-order valence-electron chi connectivity index (χ1n) is 9.88. The Morgan fingerprint density at radius 1 is 1.29 bits per heavy atom. The lowest BCUT2D eigenvalue weighted by Crippen LogP contribution is -2.29. The van der Waals surface area contributed by atoms with Crippen LogP contribution in [0.25, 0.3) is 0 Å². The molecule has 1 aliphatic rings. The highest BCUT2D eigenvalue weighted by atomic mass is 35.5. The van der Waals surface area contributed by atoms with Gasteiger partial charge in [0, 0.05) is 6.54 Å². The van der Waals surface area contributed by atoms with E-state index in [1.54, 1.807) is 6.20 Å². The first-order chi connectivity index (χ1) is 13.3. The van der Waals surface area contributed by atoms with Crippen LogP contribution in [0.5, 0.6) is 5.75 Å². The number of unbranched alkanes of at least 4 members (excludes halogenated alkanes) is 1. The maximum absolute atomic E-state index is 12.3. The van der Waals surface area contributed by atoms with Crippen molar-refractivity contribution in [2.24, 2.45) is 0 Å². The highest BCUT2D eigenvalue weighted by Gasteiger charge is 2.18. The fourth-order valence-corrected chi connectivity index (χ4v) is 3.13. The highest BCUT2D eigenvalue weighted by molar-refractivity contribution is 5.91. The van der Waals surface area contributed by atoms with E-state index in [0.29, 0.717) is 18.3 Å². The van der Waals surface area contributed by atoms with Crippen LogP contribution in [0.2, 0.25) is 0 Å². The Bertz CT molecular complexity index is 714. The molecular weight excluding hydrogens is 378 g/mol. The van der Waals surface area contributed by atoms with Crippen LogP contribution < -0.4 is 15.4 Å². The van der Waals surface area contributed by atoms with Gasteiger partial charge in [0.15, 0.2) is 5.69 Å². The zero-order valence-electron chi connectivity index (χ0n) is 16.4. The van der Waals surface area contributed by atoms with Crippen LogP contribution in [-0.2, 0) is 6.42 Å². The molecule has 0 atom stereocenters. The van der Waals surface area contributed by atoms with E-state index in [1.165, 1.54) is 0 Å². The van der Waals surface area contributed by atoms with E-state index >= 15 is 0 Å². The predicted octanol–water partition coefficient (Wildman–Crippen LogP) is 2.78. The lowest BCUT2D eigenvalue weighted by atomic mass is 10.1. The molecule has 1 fully saturated rings. The fraction of sp³-hybridized carbons (Fsp3) is 0.550. The average Bonchev–Trinajstić information content (AvgIpc) is 3.20. The molecule has 0 aliphatic carbocycles. The van der Waals surface area contributed by atoms with Crippen molar-refractivity contribution in [1.82, 2.24) is 25.6 Å². The molecule has 0 radical (unpaired) electrons. The summed E-state index contributed by atoms with van der Waals surface area (Å²) in [6.07, 6.45) is 6.75. The van der Waals surface area contributed by atoms with Crippen LogP contribution in [0, 0.1) is 0 Å². The molecule has 2 aromatic rings. The van der Waals surface area contributed by atoms with Crippen LogP contribution in [-0.4, -0.2) is 47.1 Å². The van der Waals surface area contributed by atoms with Gasteiger partial charge < -0.3 is 15.4 Å². The van der Waals surface area contributed by atoms with Gasteiger partial charge >= 0.3 is 0 Å². The first kappa shape index (κ1) is 22.2. The summed E-state index contributed by atoms with van der Waals surface area (Å²) in [7, 11) is 0. The molecule has 28 heavy (non-hydrogen) atoms. The summed E-state index contributed by atoms with van der Waals surface area (Å²) in [5.41, 5.74) is 1.55. The van der Waals surface area contributed by atoms with Crippen molar-refractivity contribution in [2.45, 2.75) is 45.1 Å². The summed E-state index contributed by atoms with van der Waals surface area (Å²) in [5.74, 6) is 0.723. The van der Waals surface area contributed by atoms with Gasteiger partial charge in [0.05, 0.1) is 18.8 Å². The van der Waals surface area contributed by atoms with Crippen LogP contribution in [0.1, 0.15) is 54.7 Å². The SMILES string of the molecule is CCCCOc1ccc(CCNC(=O)c2cn(C3CCNCC3)nn2)cc1.Cl. The minimum absolute atomic E-state index is 0. The predicted molar refractivity (Wildman–Crippen MR) is 111 cm³/mol. The Balaban J connectivity index is 0.00000280. The van der Waals surface area contributed by atoms with E-state index in [4.69, 9.17) is 4.74 Å². The molecule has 0 bridgehead atoms. The molecule has 1 aromatic heterocycles. The molecule has 1 aromatic carbocycles. The lowest BCUT2D eigenvalue weighted by molar-refractivity contribution is 0.0949. The number of aromatic nitrogens is 3. The number of amides is 1. The van der Waals surface area contributed by atoms with E-state index in [2.05, 4.69) is 27.9 Å². The van der Waals surface area contributed by atoms with E-state index < -0.39 is 0 Å². The van der Waals surface area contributed by atoms with Gasteiger partial charge in [0.2, 0.25) is 0 Å². The number of hydrogen-bond donors (Lipinski definition) is 2. The van der Waals surface area contributed by atoms with Crippen molar-refractivity contribution in [3.63, 3.8) is 0 Å². The number of nitrogens with one attached hydrogen (secondary N) is 2. The Morgan fingerprint density at radius 2 is 2.04 bits per heavy atom. The third kappa shape index (κ3) is 6.49. The second-order valence-electron chi connectivity index (χ2n) is 6.92. The second kappa shape index (κ2) is 11.7. The number of rotatable bonds is 9. The maximum Gasteiger partial charge on any atom is 0.273 e. The van der Waals surface area contributed by atoms with Gasteiger partial charge in [-0.1, -0.05) is 30.7 Å². The second-order valence-corrected chi connectivity index (χ2v) is 6.92. The summed E-state index contributed by atoms with van der Waals surface area (Å²) < 4.78 is 7.49. The number of halogens is 1. The standard InChI is InChI=1S/C20H29N5O2.ClH/c1-2-3-14-27-18-6-4-16(5-7-18)8-13-22-20(26)19-15-25(24-23-19)17-9-11-21-12-10-17;/h4-7,15,17,21H,2-3,8-14H2,1H3,(H,22,26);1H. The fourth-order valence-electron chi connectivity index (χ4n) is 3.13. The normalized spacial score (nSPS) is 14.3. The monoisotopic (exact) mass is 407 g/mol. The number of piperidine rings is 1. The van der Waals surface area contributed by atoms with Crippen molar-refractivity contribution in [3.05, 3.63) is 41.7 Å². The van der Waals surface area contributed by atoms with Gasteiger partial charge in [-0.2, -0.15) is 0 Å². The van der Waals surface area contributed by atoms with Crippen molar-refractivity contribution in [3.8, 4) is 5.75 Å². The highest BCUT2D eigenvalue weighted by Crippen LogP contribution is 2.17.